The van der Waals surface area contributed by atoms with E-state index in [2.05, 4.69) is 15.8 Å². The Kier molecular flexibility index (Phi) is 5.38. The molecule has 1 atom stereocenters. The summed E-state index contributed by atoms with van der Waals surface area (Å²) in [7, 11) is 0. The second-order valence-electron chi connectivity index (χ2n) is 7.62. The second-order valence-corrected chi connectivity index (χ2v) is 7.62. The topological polar surface area (TPSA) is 70.4 Å². The Hall–Kier alpha value is -2.25. The van der Waals surface area contributed by atoms with Gasteiger partial charge in [0, 0.05) is 37.2 Å². The van der Waals surface area contributed by atoms with E-state index in [9.17, 15) is 9.18 Å². The van der Waals surface area contributed by atoms with Gasteiger partial charge in [-0.05, 0) is 17.7 Å². The predicted molar refractivity (Wildman–Crippen MR) is 97.4 cm³/mol. The van der Waals surface area contributed by atoms with E-state index in [0.29, 0.717) is 19.0 Å². The zero-order chi connectivity index (χ0) is 18.7. The number of halogens is 1. The van der Waals surface area contributed by atoms with E-state index < -0.39 is 0 Å². The number of carbonyl (C=O) groups is 1. The van der Waals surface area contributed by atoms with Gasteiger partial charge in [-0.3, -0.25) is 15.0 Å². The fourth-order valence-corrected chi connectivity index (χ4v) is 3.03. The van der Waals surface area contributed by atoms with Crippen molar-refractivity contribution in [3.63, 3.8) is 0 Å². The molecule has 1 aliphatic heterocycles. The van der Waals surface area contributed by atoms with E-state index in [1.54, 1.807) is 12.1 Å². The molecule has 1 saturated heterocycles. The lowest BCUT2D eigenvalue weighted by Crippen LogP contribution is -2.48. The molecule has 1 aromatic carbocycles. The van der Waals surface area contributed by atoms with Gasteiger partial charge in [-0.2, -0.15) is 0 Å². The maximum Gasteiger partial charge on any atom is 0.240 e. The molecule has 2 aromatic rings. The van der Waals surface area contributed by atoms with E-state index in [-0.39, 0.29) is 29.7 Å². The first-order valence-electron chi connectivity index (χ1n) is 8.80. The third kappa shape index (κ3) is 4.47. The molecule has 1 amide bonds. The SMILES string of the molecule is CC(C)(C)c1cc(NC(=O)CN2CCNCC2c2cccc(F)c2)on1. The van der Waals surface area contributed by atoms with Crippen LogP contribution < -0.4 is 10.6 Å². The number of nitrogens with one attached hydrogen (secondary N) is 2. The molecule has 3 rings (SSSR count). The lowest BCUT2D eigenvalue weighted by molar-refractivity contribution is -0.118. The molecule has 1 aromatic heterocycles. The van der Waals surface area contributed by atoms with E-state index in [0.717, 1.165) is 17.8 Å². The molecule has 26 heavy (non-hydrogen) atoms. The molecule has 1 aliphatic rings. The van der Waals surface area contributed by atoms with E-state index in [1.165, 1.54) is 12.1 Å². The number of benzene rings is 1. The maximum absolute atomic E-state index is 13.6. The highest BCUT2D eigenvalue weighted by molar-refractivity contribution is 5.91. The number of nitrogens with zero attached hydrogens (tertiary/aromatic N) is 2. The van der Waals surface area contributed by atoms with Crippen molar-refractivity contribution in [2.45, 2.75) is 32.2 Å². The van der Waals surface area contributed by atoms with Crippen LogP contribution in [0.25, 0.3) is 0 Å². The first kappa shape index (κ1) is 18.5. The van der Waals surface area contributed by atoms with Crippen molar-refractivity contribution in [3.8, 4) is 0 Å². The molecule has 0 aliphatic carbocycles. The molecular formula is C19H25FN4O2. The Bertz CT molecular complexity index is 769. The van der Waals surface area contributed by atoms with Crippen LogP contribution in [0, 0.1) is 5.82 Å². The van der Waals surface area contributed by atoms with Crippen molar-refractivity contribution in [2.75, 3.05) is 31.5 Å². The third-order valence-electron chi connectivity index (χ3n) is 4.48. The summed E-state index contributed by atoms with van der Waals surface area (Å²) >= 11 is 0. The van der Waals surface area contributed by atoms with Crippen molar-refractivity contribution < 1.29 is 13.7 Å². The van der Waals surface area contributed by atoms with E-state index >= 15 is 0 Å². The largest absolute Gasteiger partial charge is 0.338 e. The van der Waals surface area contributed by atoms with Crippen LogP contribution in [0.1, 0.15) is 38.1 Å². The number of aromatic nitrogens is 1. The molecule has 1 fully saturated rings. The highest BCUT2D eigenvalue weighted by Crippen LogP contribution is 2.25. The molecule has 2 N–H and O–H groups in total. The van der Waals surface area contributed by atoms with Gasteiger partial charge in [0.25, 0.3) is 0 Å². The van der Waals surface area contributed by atoms with Crippen molar-refractivity contribution in [3.05, 3.63) is 47.4 Å². The highest BCUT2D eigenvalue weighted by Gasteiger charge is 2.26. The smallest absolute Gasteiger partial charge is 0.240 e. The van der Waals surface area contributed by atoms with Crippen molar-refractivity contribution in [1.29, 1.82) is 0 Å². The average molecular weight is 360 g/mol. The van der Waals surface area contributed by atoms with Crippen LogP contribution in [-0.4, -0.2) is 42.1 Å². The van der Waals surface area contributed by atoms with Gasteiger partial charge in [0.15, 0.2) is 0 Å². The average Bonchev–Trinajstić information content (AvgIpc) is 3.04. The van der Waals surface area contributed by atoms with Gasteiger partial charge in [0.05, 0.1) is 12.2 Å². The molecule has 1 unspecified atom stereocenters. The van der Waals surface area contributed by atoms with E-state index in [4.69, 9.17) is 4.52 Å². The fourth-order valence-electron chi connectivity index (χ4n) is 3.03. The molecular weight excluding hydrogens is 335 g/mol. The van der Waals surface area contributed by atoms with Crippen LogP contribution in [0.4, 0.5) is 10.3 Å². The van der Waals surface area contributed by atoms with Gasteiger partial charge >= 0.3 is 0 Å². The summed E-state index contributed by atoms with van der Waals surface area (Å²) in [5.41, 5.74) is 1.50. The Labute approximate surface area is 152 Å². The number of anilines is 1. The van der Waals surface area contributed by atoms with Gasteiger partial charge in [-0.15, -0.1) is 0 Å². The van der Waals surface area contributed by atoms with Crippen molar-refractivity contribution in [1.82, 2.24) is 15.4 Å². The maximum atomic E-state index is 13.6. The summed E-state index contributed by atoms with van der Waals surface area (Å²) < 4.78 is 18.8. The fraction of sp³-hybridized carbons (Fsp3) is 0.474. The minimum absolute atomic E-state index is 0.0509. The van der Waals surface area contributed by atoms with Crippen molar-refractivity contribution in [2.24, 2.45) is 0 Å². The Morgan fingerprint density at radius 2 is 2.23 bits per heavy atom. The van der Waals surface area contributed by atoms with E-state index in [1.807, 2.05) is 31.7 Å². The zero-order valence-corrected chi connectivity index (χ0v) is 15.4. The standard InChI is InChI=1S/C19H25FN4O2/c1-19(2,3)16-10-18(26-23-16)22-17(25)12-24-8-7-21-11-15(24)13-5-4-6-14(20)9-13/h4-6,9-10,15,21H,7-8,11-12H2,1-3H3,(H,22,25). The van der Waals surface area contributed by atoms with Crippen LogP contribution in [0.15, 0.2) is 34.9 Å². The van der Waals surface area contributed by atoms with Crippen LogP contribution in [-0.2, 0) is 10.2 Å². The Morgan fingerprint density at radius 3 is 2.92 bits per heavy atom. The highest BCUT2D eigenvalue weighted by atomic mass is 19.1. The number of hydrogen-bond acceptors (Lipinski definition) is 5. The quantitative estimate of drug-likeness (QED) is 0.877. The molecule has 0 radical (unpaired) electrons. The Balaban J connectivity index is 1.66. The lowest BCUT2D eigenvalue weighted by atomic mass is 9.92. The summed E-state index contributed by atoms with van der Waals surface area (Å²) in [5.74, 6) is -0.101. The summed E-state index contributed by atoms with van der Waals surface area (Å²) in [6.07, 6.45) is 0. The second kappa shape index (κ2) is 7.55. The molecule has 6 nitrogen and oxygen atoms in total. The van der Waals surface area contributed by atoms with Crippen molar-refractivity contribution >= 4 is 11.8 Å². The number of rotatable bonds is 4. The number of hydrogen-bond donors (Lipinski definition) is 2. The normalized spacial score (nSPS) is 18.7. The van der Waals surface area contributed by atoms with Gasteiger partial charge in [-0.25, -0.2) is 4.39 Å². The summed E-state index contributed by atoms with van der Waals surface area (Å²) in [5, 5.41) is 10.1. The third-order valence-corrected chi connectivity index (χ3v) is 4.48. The first-order valence-corrected chi connectivity index (χ1v) is 8.80. The minimum Gasteiger partial charge on any atom is -0.338 e. The minimum atomic E-state index is -0.270. The van der Waals surface area contributed by atoms with Gasteiger partial charge in [0.1, 0.15) is 5.82 Å². The van der Waals surface area contributed by atoms with Gasteiger partial charge in [0.2, 0.25) is 11.8 Å². The first-order chi connectivity index (χ1) is 12.3. The summed E-state index contributed by atoms with van der Waals surface area (Å²) in [6.45, 7) is 8.46. The predicted octanol–water partition coefficient (Wildman–Crippen LogP) is 2.70. The number of amides is 1. The molecule has 0 saturated carbocycles. The number of carbonyl (C=O) groups excluding carboxylic acids is 1. The zero-order valence-electron chi connectivity index (χ0n) is 15.4. The molecule has 140 valence electrons. The molecule has 2 heterocycles. The molecule has 7 heteroatoms. The summed E-state index contributed by atoms with van der Waals surface area (Å²) in [6, 6.07) is 8.23. The Morgan fingerprint density at radius 1 is 1.42 bits per heavy atom. The van der Waals surface area contributed by atoms with Crippen LogP contribution in [0.5, 0.6) is 0 Å². The number of piperazine rings is 1. The lowest BCUT2D eigenvalue weighted by Gasteiger charge is -2.35. The van der Waals surface area contributed by atoms with Crippen LogP contribution >= 0.6 is 0 Å². The van der Waals surface area contributed by atoms with Crippen LogP contribution in [0.2, 0.25) is 0 Å². The van der Waals surface area contributed by atoms with Gasteiger partial charge in [-0.1, -0.05) is 38.1 Å². The molecule has 0 bridgehead atoms. The molecule has 0 spiro atoms. The van der Waals surface area contributed by atoms with Gasteiger partial charge < -0.3 is 9.84 Å². The monoisotopic (exact) mass is 360 g/mol. The summed E-state index contributed by atoms with van der Waals surface area (Å²) in [4.78, 5) is 14.5. The van der Waals surface area contributed by atoms with Crippen LogP contribution in [0.3, 0.4) is 0 Å².